The number of rotatable bonds is 3. The first-order chi connectivity index (χ1) is 11.3. The Bertz CT molecular complexity index is 926. The number of aromatic nitrogens is 4. The molecule has 0 saturated carbocycles. The normalized spacial score (nSPS) is 10.8. The van der Waals surface area contributed by atoms with Gasteiger partial charge in [0.05, 0.1) is 23.3 Å². The van der Waals surface area contributed by atoms with Crippen LogP contribution in [0.5, 0.6) is 0 Å². The lowest BCUT2D eigenvalue weighted by Crippen LogP contribution is -2.04. The van der Waals surface area contributed by atoms with Crippen molar-refractivity contribution in [2.24, 2.45) is 7.05 Å². The van der Waals surface area contributed by atoms with Gasteiger partial charge >= 0.3 is 0 Å². The Labute approximate surface area is 140 Å². The number of nitrogens with one attached hydrogen (secondary N) is 1. The molecule has 0 fully saturated rings. The van der Waals surface area contributed by atoms with Crippen LogP contribution in [0.1, 0.15) is 0 Å². The first-order valence-corrected chi connectivity index (χ1v) is 7.06. The summed E-state index contributed by atoms with van der Waals surface area (Å²) in [5.41, 5.74) is 11.5. The Balaban J connectivity index is 2.09. The molecular weight excluding hydrogens is 340 g/mol. The molecule has 5 N–H and O–H groups in total. The Hall–Kier alpha value is -2.94. The van der Waals surface area contributed by atoms with E-state index < -0.39 is 11.6 Å². The number of nitrogen functional groups attached to an aromatic ring is 2. The average molecular weight is 352 g/mol. The smallest absolute Gasteiger partial charge is 0.229 e. The standard InChI is InChI=1S/C14H12ClF2N7/c1-24-5-6(4-20-24)21-14-22-12(11(15)13(19)23-14)7-2-10(18)9(17)3-8(7)16/h2-5H,18H2,1H3,(H3,19,21,22,23). The third kappa shape index (κ3) is 2.93. The van der Waals surface area contributed by atoms with Gasteiger partial charge in [0.1, 0.15) is 22.5 Å². The third-order valence-corrected chi connectivity index (χ3v) is 3.55. The van der Waals surface area contributed by atoms with E-state index in [-0.39, 0.29) is 33.7 Å². The van der Waals surface area contributed by atoms with Gasteiger partial charge in [0.2, 0.25) is 5.95 Å². The van der Waals surface area contributed by atoms with E-state index in [1.807, 2.05) is 0 Å². The van der Waals surface area contributed by atoms with Crippen LogP contribution < -0.4 is 16.8 Å². The van der Waals surface area contributed by atoms with E-state index in [2.05, 4.69) is 20.4 Å². The maximum absolute atomic E-state index is 14.1. The van der Waals surface area contributed by atoms with E-state index in [4.69, 9.17) is 23.1 Å². The highest BCUT2D eigenvalue weighted by Gasteiger charge is 2.18. The van der Waals surface area contributed by atoms with Gasteiger partial charge in [0, 0.05) is 24.9 Å². The van der Waals surface area contributed by atoms with Gasteiger partial charge in [0.15, 0.2) is 0 Å². The average Bonchev–Trinajstić information content (AvgIpc) is 2.92. The van der Waals surface area contributed by atoms with Crippen molar-refractivity contribution in [3.63, 3.8) is 0 Å². The topological polar surface area (TPSA) is 108 Å². The molecule has 0 radical (unpaired) electrons. The summed E-state index contributed by atoms with van der Waals surface area (Å²) in [6, 6.07) is 1.76. The summed E-state index contributed by atoms with van der Waals surface area (Å²) >= 11 is 6.08. The molecule has 0 bridgehead atoms. The minimum absolute atomic E-state index is 0.000225. The van der Waals surface area contributed by atoms with E-state index in [0.29, 0.717) is 11.8 Å². The van der Waals surface area contributed by atoms with Crippen LogP contribution in [0.15, 0.2) is 24.5 Å². The Kier molecular flexibility index (Phi) is 3.94. The number of aryl methyl sites for hydroxylation is 1. The highest BCUT2D eigenvalue weighted by Crippen LogP contribution is 2.34. The minimum Gasteiger partial charge on any atom is -0.396 e. The van der Waals surface area contributed by atoms with Crippen LogP contribution >= 0.6 is 11.6 Å². The summed E-state index contributed by atoms with van der Waals surface area (Å²) in [5.74, 6) is -1.71. The molecule has 3 aromatic rings. The van der Waals surface area contributed by atoms with Gasteiger partial charge in [-0.25, -0.2) is 13.8 Å². The third-order valence-electron chi connectivity index (χ3n) is 3.18. The fraction of sp³-hybridized carbons (Fsp3) is 0.0714. The van der Waals surface area contributed by atoms with E-state index in [9.17, 15) is 8.78 Å². The van der Waals surface area contributed by atoms with Gasteiger partial charge in [-0.2, -0.15) is 10.1 Å². The van der Waals surface area contributed by atoms with E-state index in [1.165, 1.54) is 0 Å². The molecule has 0 unspecified atom stereocenters. The van der Waals surface area contributed by atoms with Gasteiger partial charge in [-0.05, 0) is 6.07 Å². The summed E-state index contributed by atoms with van der Waals surface area (Å²) in [7, 11) is 1.74. The molecule has 0 aliphatic heterocycles. The second kappa shape index (κ2) is 5.93. The number of halogens is 3. The van der Waals surface area contributed by atoms with Gasteiger partial charge in [0.25, 0.3) is 0 Å². The van der Waals surface area contributed by atoms with Crippen LogP contribution in [0.25, 0.3) is 11.3 Å². The first-order valence-electron chi connectivity index (χ1n) is 6.68. The Morgan fingerprint density at radius 1 is 1.17 bits per heavy atom. The predicted molar refractivity (Wildman–Crippen MR) is 87.7 cm³/mol. The van der Waals surface area contributed by atoms with Crippen molar-refractivity contribution in [3.05, 3.63) is 41.2 Å². The van der Waals surface area contributed by atoms with Gasteiger partial charge in [-0.1, -0.05) is 11.6 Å². The quantitative estimate of drug-likeness (QED) is 0.626. The summed E-state index contributed by atoms with van der Waals surface area (Å²) in [6.07, 6.45) is 3.23. The molecule has 7 nitrogen and oxygen atoms in total. The molecule has 24 heavy (non-hydrogen) atoms. The van der Waals surface area contributed by atoms with Gasteiger partial charge < -0.3 is 16.8 Å². The SMILES string of the molecule is Cn1cc(Nc2nc(N)c(Cl)c(-c3cc(N)c(F)cc3F)n2)cn1. The molecule has 3 rings (SSSR count). The molecular formula is C14H12ClF2N7. The second-order valence-corrected chi connectivity index (χ2v) is 5.35. The molecule has 0 atom stereocenters. The largest absolute Gasteiger partial charge is 0.396 e. The van der Waals surface area contributed by atoms with Crippen molar-refractivity contribution < 1.29 is 8.78 Å². The number of nitrogens with zero attached hydrogens (tertiary/aromatic N) is 4. The molecule has 2 aromatic heterocycles. The molecule has 1 aromatic carbocycles. The lowest BCUT2D eigenvalue weighted by atomic mass is 10.1. The number of anilines is 4. The predicted octanol–water partition coefficient (Wildman–Crippen LogP) is 2.72. The van der Waals surface area contributed by atoms with Crippen molar-refractivity contribution in [3.8, 4) is 11.3 Å². The maximum Gasteiger partial charge on any atom is 0.229 e. The highest BCUT2D eigenvalue weighted by molar-refractivity contribution is 6.35. The van der Waals surface area contributed by atoms with E-state index in [1.54, 1.807) is 24.1 Å². The number of hydrogen-bond acceptors (Lipinski definition) is 6. The lowest BCUT2D eigenvalue weighted by molar-refractivity contribution is 0.588. The highest BCUT2D eigenvalue weighted by atomic mass is 35.5. The van der Waals surface area contributed by atoms with Crippen LogP contribution in [0.2, 0.25) is 5.02 Å². The fourth-order valence-electron chi connectivity index (χ4n) is 2.06. The lowest BCUT2D eigenvalue weighted by Gasteiger charge is -2.11. The zero-order chi connectivity index (χ0) is 17.4. The minimum atomic E-state index is -0.872. The molecule has 10 heteroatoms. The van der Waals surface area contributed by atoms with Crippen LogP contribution in [0, 0.1) is 11.6 Å². The summed E-state index contributed by atoms with van der Waals surface area (Å²) in [6.45, 7) is 0. The zero-order valence-electron chi connectivity index (χ0n) is 12.4. The molecule has 0 saturated heterocycles. The van der Waals surface area contributed by atoms with Crippen molar-refractivity contribution in [1.29, 1.82) is 0 Å². The Morgan fingerprint density at radius 3 is 2.58 bits per heavy atom. The van der Waals surface area contributed by atoms with Crippen LogP contribution in [-0.4, -0.2) is 19.7 Å². The summed E-state index contributed by atoms with van der Waals surface area (Å²) < 4.78 is 29.0. The van der Waals surface area contributed by atoms with Crippen molar-refractivity contribution >= 4 is 34.7 Å². The fourth-order valence-corrected chi connectivity index (χ4v) is 2.25. The molecule has 124 valence electrons. The van der Waals surface area contributed by atoms with Crippen LogP contribution in [0.4, 0.5) is 31.9 Å². The van der Waals surface area contributed by atoms with E-state index >= 15 is 0 Å². The maximum atomic E-state index is 14.1. The van der Waals surface area contributed by atoms with Gasteiger partial charge in [-0.3, -0.25) is 4.68 Å². The molecule has 0 amide bonds. The zero-order valence-corrected chi connectivity index (χ0v) is 13.1. The number of hydrogen-bond donors (Lipinski definition) is 3. The summed E-state index contributed by atoms with van der Waals surface area (Å²) in [5, 5.41) is 6.81. The van der Waals surface area contributed by atoms with Crippen molar-refractivity contribution in [1.82, 2.24) is 19.7 Å². The summed E-state index contributed by atoms with van der Waals surface area (Å²) in [4.78, 5) is 8.14. The molecule has 0 aliphatic carbocycles. The van der Waals surface area contributed by atoms with Gasteiger partial charge in [-0.15, -0.1) is 0 Å². The first kappa shape index (κ1) is 15.9. The van der Waals surface area contributed by atoms with Crippen LogP contribution in [0.3, 0.4) is 0 Å². The number of nitrogens with two attached hydrogens (primary N) is 2. The Morgan fingerprint density at radius 2 is 1.92 bits per heavy atom. The van der Waals surface area contributed by atoms with Crippen molar-refractivity contribution in [2.45, 2.75) is 0 Å². The number of benzene rings is 1. The van der Waals surface area contributed by atoms with Crippen LogP contribution in [-0.2, 0) is 7.05 Å². The van der Waals surface area contributed by atoms with E-state index in [0.717, 1.165) is 6.07 Å². The molecule has 2 heterocycles. The molecule has 0 aliphatic rings. The van der Waals surface area contributed by atoms with Crippen molar-refractivity contribution in [2.75, 3.05) is 16.8 Å². The molecule has 0 spiro atoms. The second-order valence-electron chi connectivity index (χ2n) is 4.98. The monoisotopic (exact) mass is 351 g/mol.